The van der Waals surface area contributed by atoms with Crippen molar-refractivity contribution in [2.24, 2.45) is 0 Å². The highest BCUT2D eigenvalue weighted by atomic mass is 19.4. The van der Waals surface area contributed by atoms with Gasteiger partial charge >= 0.3 is 6.18 Å². The predicted octanol–water partition coefficient (Wildman–Crippen LogP) is 4.13. The summed E-state index contributed by atoms with van der Waals surface area (Å²) >= 11 is 0. The van der Waals surface area contributed by atoms with Crippen molar-refractivity contribution < 1.29 is 13.2 Å². The molecule has 0 aromatic heterocycles. The van der Waals surface area contributed by atoms with Crippen molar-refractivity contribution >= 4 is 5.69 Å². The van der Waals surface area contributed by atoms with Crippen LogP contribution >= 0.6 is 0 Å². The highest BCUT2D eigenvalue weighted by Crippen LogP contribution is 2.33. The quantitative estimate of drug-likeness (QED) is 0.796. The summed E-state index contributed by atoms with van der Waals surface area (Å²) in [4.78, 5) is 0. The zero-order valence-corrected chi connectivity index (χ0v) is 10.6. The third-order valence-corrected chi connectivity index (χ3v) is 3.13. The molecule has 0 heterocycles. The average Bonchev–Trinajstić information content (AvgIpc) is 2.38. The lowest BCUT2D eigenvalue weighted by Crippen LogP contribution is -2.04. The summed E-state index contributed by atoms with van der Waals surface area (Å²) in [5.74, 6) is 0. The van der Waals surface area contributed by atoms with E-state index in [9.17, 15) is 13.2 Å². The van der Waals surface area contributed by atoms with Gasteiger partial charge in [-0.3, -0.25) is 0 Å². The van der Waals surface area contributed by atoms with Crippen molar-refractivity contribution in [3.63, 3.8) is 0 Å². The van der Waals surface area contributed by atoms with E-state index in [1.54, 1.807) is 19.1 Å². The second-order valence-corrected chi connectivity index (χ2v) is 4.39. The molecule has 0 saturated carbocycles. The van der Waals surface area contributed by atoms with Crippen LogP contribution in [0.1, 0.15) is 16.7 Å². The molecule has 0 aliphatic carbocycles. The molecule has 5 heteroatoms. The molecule has 0 saturated heterocycles. The van der Waals surface area contributed by atoms with Gasteiger partial charge in [0.05, 0.1) is 11.1 Å². The molecule has 0 unspecified atom stereocenters. The van der Waals surface area contributed by atoms with Gasteiger partial charge in [-0.2, -0.15) is 18.4 Å². The lowest BCUT2D eigenvalue weighted by atomic mass is 9.95. The number of halogens is 3. The number of alkyl halides is 3. The van der Waals surface area contributed by atoms with Gasteiger partial charge in [-0.05, 0) is 41.8 Å². The number of nitrogens with zero attached hydrogens (tertiary/aromatic N) is 1. The molecular formula is C15H11F3N2. The zero-order valence-electron chi connectivity index (χ0n) is 10.6. The number of anilines is 1. The van der Waals surface area contributed by atoms with Crippen LogP contribution in [0.25, 0.3) is 11.1 Å². The summed E-state index contributed by atoms with van der Waals surface area (Å²) in [6.45, 7) is 1.72. The van der Waals surface area contributed by atoms with Gasteiger partial charge in [-0.15, -0.1) is 0 Å². The van der Waals surface area contributed by atoms with Crippen LogP contribution in [-0.4, -0.2) is 0 Å². The van der Waals surface area contributed by atoms with Crippen molar-refractivity contribution in [1.29, 1.82) is 5.26 Å². The van der Waals surface area contributed by atoms with Crippen molar-refractivity contribution in [1.82, 2.24) is 0 Å². The summed E-state index contributed by atoms with van der Waals surface area (Å²) in [6.07, 6.45) is -4.35. The Bertz CT molecular complexity index is 680. The molecule has 0 fully saturated rings. The summed E-state index contributed by atoms with van der Waals surface area (Å²) in [5.41, 5.74) is 7.68. The molecule has 0 atom stereocenters. The first-order valence-electron chi connectivity index (χ1n) is 5.81. The van der Waals surface area contributed by atoms with Gasteiger partial charge < -0.3 is 5.73 Å². The molecule has 2 aromatic carbocycles. The fourth-order valence-electron chi connectivity index (χ4n) is 2.03. The second-order valence-electron chi connectivity index (χ2n) is 4.39. The number of benzene rings is 2. The molecular weight excluding hydrogens is 265 g/mol. The number of nitrogen functional groups attached to an aromatic ring is 1. The van der Waals surface area contributed by atoms with Crippen LogP contribution in [0.2, 0.25) is 0 Å². The maximum Gasteiger partial charge on any atom is 0.416 e. The third-order valence-electron chi connectivity index (χ3n) is 3.13. The molecule has 0 aliphatic heterocycles. The standard InChI is InChI=1S/C15H11F3N2/c1-9-12(6-7-14(20)13(9)8-19)10-2-4-11(5-3-10)15(16,17)18/h2-7H,20H2,1H3. The first kappa shape index (κ1) is 13.9. The van der Waals surface area contributed by atoms with Gasteiger partial charge in [0, 0.05) is 5.69 Å². The Kier molecular flexibility index (Phi) is 3.41. The van der Waals surface area contributed by atoms with E-state index >= 15 is 0 Å². The summed E-state index contributed by atoms with van der Waals surface area (Å²) in [5, 5.41) is 9.04. The van der Waals surface area contributed by atoms with Crippen molar-refractivity contribution in [3.05, 3.63) is 53.1 Å². The molecule has 0 amide bonds. The maximum atomic E-state index is 12.5. The zero-order chi connectivity index (χ0) is 14.9. The molecule has 0 bridgehead atoms. The minimum absolute atomic E-state index is 0.349. The molecule has 20 heavy (non-hydrogen) atoms. The van der Waals surface area contributed by atoms with Gasteiger partial charge in [-0.1, -0.05) is 18.2 Å². The van der Waals surface area contributed by atoms with Crippen LogP contribution in [0.3, 0.4) is 0 Å². The van der Waals surface area contributed by atoms with Crippen LogP contribution in [0.15, 0.2) is 36.4 Å². The van der Waals surface area contributed by atoms with E-state index in [1.165, 1.54) is 12.1 Å². The lowest BCUT2D eigenvalue weighted by Gasteiger charge is -2.11. The third kappa shape index (κ3) is 2.45. The average molecular weight is 276 g/mol. The van der Waals surface area contributed by atoms with E-state index in [-0.39, 0.29) is 0 Å². The number of hydrogen-bond donors (Lipinski definition) is 1. The van der Waals surface area contributed by atoms with E-state index < -0.39 is 11.7 Å². The first-order valence-corrected chi connectivity index (χ1v) is 5.81. The fraction of sp³-hybridized carbons (Fsp3) is 0.133. The number of nitrogens with two attached hydrogens (primary N) is 1. The van der Waals surface area contributed by atoms with Crippen molar-refractivity contribution in [2.75, 3.05) is 5.73 Å². The van der Waals surface area contributed by atoms with Gasteiger partial charge in [0.2, 0.25) is 0 Å². The first-order chi connectivity index (χ1) is 9.34. The Morgan fingerprint density at radius 2 is 1.65 bits per heavy atom. The van der Waals surface area contributed by atoms with Gasteiger partial charge in [0.1, 0.15) is 6.07 Å². The van der Waals surface area contributed by atoms with Crippen molar-refractivity contribution in [2.45, 2.75) is 13.1 Å². The minimum Gasteiger partial charge on any atom is -0.398 e. The highest BCUT2D eigenvalue weighted by molar-refractivity contribution is 5.74. The minimum atomic E-state index is -4.35. The summed E-state index contributed by atoms with van der Waals surface area (Å²) in [6, 6.07) is 10.1. The van der Waals surface area contributed by atoms with E-state index in [4.69, 9.17) is 11.0 Å². The largest absolute Gasteiger partial charge is 0.416 e. The van der Waals surface area contributed by atoms with E-state index in [2.05, 4.69) is 0 Å². The van der Waals surface area contributed by atoms with Crippen LogP contribution in [0.4, 0.5) is 18.9 Å². The molecule has 102 valence electrons. The van der Waals surface area contributed by atoms with Gasteiger partial charge in [0.15, 0.2) is 0 Å². The van der Waals surface area contributed by atoms with E-state index in [0.29, 0.717) is 27.9 Å². The van der Waals surface area contributed by atoms with Gasteiger partial charge in [-0.25, -0.2) is 0 Å². The van der Waals surface area contributed by atoms with Crippen LogP contribution in [0.5, 0.6) is 0 Å². The van der Waals surface area contributed by atoms with Crippen LogP contribution < -0.4 is 5.73 Å². The normalized spacial score (nSPS) is 11.2. The number of hydrogen-bond acceptors (Lipinski definition) is 2. The number of nitriles is 1. The monoisotopic (exact) mass is 276 g/mol. The highest BCUT2D eigenvalue weighted by Gasteiger charge is 2.30. The van der Waals surface area contributed by atoms with E-state index in [0.717, 1.165) is 12.1 Å². The van der Waals surface area contributed by atoms with Gasteiger partial charge in [0.25, 0.3) is 0 Å². The predicted molar refractivity (Wildman–Crippen MR) is 70.7 cm³/mol. The lowest BCUT2D eigenvalue weighted by molar-refractivity contribution is -0.137. The topological polar surface area (TPSA) is 49.8 Å². The number of rotatable bonds is 1. The molecule has 2 aromatic rings. The summed E-state index contributed by atoms with van der Waals surface area (Å²) in [7, 11) is 0. The Labute approximate surface area is 114 Å². The molecule has 2 rings (SSSR count). The fourth-order valence-corrected chi connectivity index (χ4v) is 2.03. The van der Waals surface area contributed by atoms with Crippen molar-refractivity contribution in [3.8, 4) is 17.2 Å². The smallest absolute Gasteiger partial charge is 0.398 e. The SMILES string of the molecule is Cc1c(-c2ccc(C(F)(F)F)cc2)ccc(N)c1C#N. The van der Waals surface area contributed by atoms with Crippen LogP contribution in [-0.2, 0) is 6.18 Å². The summed E-state index contributed by atoms with van der Waals surface area (Å²) < 4.78 is 37.5. The maximum absolute atomic E-state index is 12.5. The molecule has 0 aliphatic rings. The molecule has 0 radical (unpaired) electrons. The Hall–Kier alpha value is -2.48. The molecule has 0 spiro atoms. The Morgan fingerprint density at radius 1 is 1.05 bits per heavy atom. The Morgan fingerprint density at radius 3 is 2.15 bits per heavy atom. The molecule has 2 N–H and O–H groups in total. The van der Waals surface area contributed by atoms with Crippen LogP contribution in [0, 0.1) is 18.3 Å². The molecule has 2 nitrogen and oxygen atoms in total. The Balaban J connectivity index is 2.51. The second kappa shape index (κ2) is 4.89. The van der Waals surface area contributed by atoms with E-state index in [1.807, 2.05) is 6.07 Å².